The summed E-state index contributed by atoms with van der Waals surface area (Å²) < 4.78 is 1.82. The molecule has 0 aromatic carbocycles. The lowest BCUT2D eigenvalue weighted by atomic mass is 10.4. The van der Waals surface area contributed by atoms with Gasteiger partial charge in [0.15, 0.2) is 0 Å². The minimum absolute atomic E-state index is 0.444. The molecule has 0 radical (unpaired) electrons. The molecule has 0 N–H and O–H groups in total. The second-order valence-corrected chi connectivity index (χ2v) is 2.02. The largest absolute Gasteiger partial charge is 0.312 e. The highest BCUT2D eigenvalue weighted by atomic mass is 15.3. The number of nitrogens with zero attached hydrogens (tertiary/aromatic N) is 3. The van der Waals surface area contributed by atoms with Gasteiger partial charge in [0.05, 0.1) is 11.8 Å². The maximum atomic E-state index is 6.59. The average Bonchev–Trinajstić information content (AvgIpc) is 2.37. The molecule has 0 aliphatic rings. The van der Waals surface area contributed by atoms with E-state index in [1.165, 1.54) is 0 Å². The number of aryl methyl sites for hydroxylation is 1. The SMILES string of the molecule is [C-]#[N+]Cc1cnn(CC)c1. The van der Waals surface area contributed by atoms with E-state index in [4.69, 9.17) is 6.57 Å². The van der Waals surface area contributed by atoms with E-state index in [2.05, 4.69) is 9.94 Å². The Balaban J connectivity index is 2.70. The second kappa shape index (κ2) is 3.02. The fourth-order valence-corrected chi connectivity index (χ4v) is 0.752. The Hall–Kier alpha value is -1.30. The Labute approximate surface area is 60.1 Å². The lowest BCUT2D eigenvalue weighted by Crippen LogP contribution is -1.92. The number of aromatic nitrogens is 2. The number of rotatable bonds is 2. The molecule has 0 aliphatic carbocycles. The first kappa shape index (κ1) is 6.81. The summed E-state index contributed by atoms with van der Waals surface area (Å²) in [7, 11) is 0. The lowest BCUT2D eigenvalue weighted by molar-refractivity contribution is 0.659. The van der Waals surface area contributed by atoms with E-state index in [1.807, 2.05) is 17.8 Å². The zero-order valence-corrected chi connectivity index (χ0v) is 5.91. The van der Waals surface area contributed by atoms with Crippen LogP contribution in [-0.2, 0) is 13.1 Å². The molecule has 0 aliphatic heterocycles. The zero-order valence-electron chi connectivity index (χ0n) is 5.91. The van der Waals surface area contributed by atoms with Crippen LogP contribution >= 0.6 is 0 Å². The third kappa shape index (κ3) is 1.35. The van der Waals surface area contributed by atoms with Crippen LogP contribution in [-0.4, -0.2) is 9.78 Å². The average molecular weight is 135 g/mol. The highest BCUT2D eigenvalue weighted by Gasteiger charge is 1.96. The molecule has 3 nitrogen and oxygen atoms in total. The van der Waals surface area contributed by atoms with Crippen molar-refractivity contribution in [2.45, 2.75) is 20.0 Å². The van der Waals surface area contributed by atoms with Gasteiger partial charge in [-0.15, -0.1) is 0 Å². The second-order valence-electron chi connectivity index (χ2n) is 2.02. The van der Waals surface area contributed by atoms with Crippen molar-refractivity contribution in [1.82, 2.24) is 9.78 Å². The quantitative estimate of drug-likeness (QED) is 0.560. The van der Waals surface area contributed by atoms with Crippen molar-refractivity contribution < 1.29 is 0 Å². The van der Waals surface area contributed by atoms with Gasteiger partial charge in [0.25, 0.3) is 0 Å². The molecule has 1 heterocycles. The van der Waals surface area contributed by atoms with Gasteiger partial charge in [-0.25, -0.2) is 6.57 Å². The Morgan fingerprint density at radius 1 is 1.80 bits per heavy atom. The van der Waals surface area contributed by atoms with Gasteiger partial charge in [-0.05, 0) is 6.92 Å². The molecule has 0 saturated heterocycles. The third-order valence-corrected chi connectivity index (χ3v) is 1.27. The molecule has 1 rings (SSSR count). The summed E-state index contributed by atoms with van der Waals surface area (Å²) >= 11 is 0. The maximum absolute atomic E-state index is 6.59. The predicted molar refractivity (Wildman–Crippen MR) is 38.2 cm³/mol. The van der Waals surface area contributed by atoms with Crippen molar-refractivity contribution in [2.75, 3.05) is 0 Å². The minimum Gasteiger partial charge on any atom is -0.312 e. The van der Waals surface area contributed by atoms with Crippen molar-refractivity contribution in [3.8, 4) is 0 Å². The van der Waals surface area contributed by atoms with Crippen molar-refractivity contribution >= 4 is 0 Å². The van der Waals surface area contributed by atoms with Crippen LogP contribution in [0.4, 0.5) is 0 Å². The standard InChI is InChI=1S/C7H9N3/c1-3-10-6-7(4-8-2)5-9-10/h5-6H,3-4H2,1H3. The Kier molecular flexibility index (Phi) is 2.06. The first-order chi connectivity index (χ1) is 4.86. The van der Waals surface area contributed by atoms with Crippen molar-refractivity contribution in [2.24, 2.45) is 0 Å². The summed E-state index contributed by atoms with van der Waals surface area (Å²) in [6, 6.07) is 0. The van der Waals surface area contributed by atoms with E-state index < -0.39 is 0 Å². The lowest BCUT2D eigenvalue weighted by Gasteiger charge is -1.88. The van der Waals surface area contributed by atoms with Crippen LogP contribution in [0.15, 0.2) is 12.4 Å². The first-order valence-corrected chi connectivity index (χ1v) is 3.21. The normalized spacial score (nSPS) is 9.20. The summed E-state index contributed by atoms with van der Waals surface area (Å²) in [6.45, 7) is 9.93. The van der Waals surface area contributed by atoms with Gasteiger partial charge in [-0.2, -0.15) is 5.10 Å². The van der Waals surface area contributed by atoms with Crippen LogP contribution in [0, 0.1) is 6.57 Å². The minimum atomic E-state index is 0.444. The molecule has 1 aromatic rings. The first-order valence-electron chi connectivity index (χ1n) is 3.21. The highest BCUT2D eigenvalue weighted by Crippen LogP contribution is 1.98. The van der Waals surface area contributed by atoms with Gasteiger partial charge in [-0.3, -0.25) is 4.68 Å². The van der Waals surface area contributed by atoms with Gasteiger partial charge in [0.2, 0.25) is 6.54 Å². The Morgan fingerprint density at radius 3 is 3.10 bits per heavy atom. The van der Waals surface area contributed by atoms with Crippen LogP contribution in [0.5, 0.6) is 0 Å². The molecule has 0 spiro atoms. The van der Waals surface area contributed by atoms with Crippen LogP contribution in [0.2, 0.25) is 0 Å². The van der Waals surface area contributed by atoms with Gasteiger partial charge < -0.3 is 4.85 Å². The van der Waals surface area contributed by atoms with E-state index in [0.29, 0.717) is 6.54 Å². The molecule has 0 amide bonds. The topological polar surface area (TPSA) is 22.2 Å². The predicted octanol–water partition coefficient (Wildman–Crippen LogP) is 1.32. The molecule has 0 saturated carbocycles. The van der Waals surface area contributed by atoms with Gasteiger partial charge in [-0.1, -0.05) is 0 Å². The summed E-state index contributed by atoms with van der Waals surface area (Å²) in [6.07, 6.45) is 3.64. The van der Waals surface area contributed by atoms with Crippen LogP contribution in [0.25, 0.3) is 4.85 Å². The van der Waals surface area contributed by atoms with E-state index in [0.717, 1.165) is 12.1 Å². The number of hydrogen-bond donors (Lipinski definition) is 0. The van der Waals surface area contributed by atoms with Crippen LogP contribution in [0.3, 0.4) is 0 Å². The van der Waals surface area contributed by atoms with E-state index in [1.54, 1.807) is 6.20 Å². The molecule has 0 unspecified atom stereocenters. The molecule has 1 aromatic heterocycles. The van der Waals surface area contributed by atoms with Gasteiger partial charge in [0.1, 0.15) is 0 Å². The molecule has 0 atom stereocenters. The van der Waals surface area contributed by atoms with E-state index in [-0.39, 0.29) is 0 Å². The Bertz CT molecular complexity index is 244. The fraction of sp³-hybridized carbons (Fsp3) is 0.429. The number of hydrogen-bond acceptors (Lipinski definition) is 1. The van der Waals surface area contributed by atoms with Crippen LogP contribution in [0.1, 0.15) is 12.5 Å². The molecule has 0 bridgehead atoms. The zero-order chi connectivity index (χ0) is 7.40. The van der Waals surface area contributed by atoms with Crippen molar-refractivity contribution in [1.29, 1.82) is 0 Å². The molecule has 52 valence electrons. The molecular formula is C7H9N3. The highest BCUT2D eigenvalue weighted by molar-refractivity contribution is 5.05. The summed E-state index contributed by atoms with van der Waals surface area (Å²) in [5.41, 5.74) is 0.997. The Morgan fingerprint density at radius 2 is 2.60 bits per heavy atom. The van der Waals surface area contributed by atoms with Crippen molar-refractivity contribution in [3.05, 3.63) is 29.4 Å². The van der Waals surface area contributed by atoms with Crippen LogP contribution < -0.4 is 0 Å². The van der Waals surface area contributed by atoms with E-state index >= 15 is 0 Å². The smallest absolute Gasteiger partial charge is 0.242 e. The summed E-state index contributed by atoms with van der Waals surface area (Å²) in [4.78, 5) is 3.25. The molecular weight excluding hydrogens is 126 g/mol. The van der Waals surface area contributed by atoms with E-state index in [9.17, 15) is 0 Å². The van der Waals surface area contributed by atoms with Gasteiger partial charge in [0, 0.05) is 12.7 Å². The molecule has 10 heavy (non-hydrogen) atoms. The van der Waals surface area contributed by atoms with Gasteiger partial charge >= 0.3 is 0 Å². The summed E-state index contributed by atoms with van der Waals surface area (Å²) in [5, 5.41) is 4.03. The summed E-state index contributed by atoms with van der Waals surface area (Å²) in [5.74, 6) is 0. The third-order valence-electron chi connectivity index (χ3n) is 1.27. The maximum Gasteiger partial charge on any atom is 0.242 e. The van der Waals surface area contributed by atoms with Crippen molar-refractivity contribution in [3.63, 3.8) is 0 Å². The monoisotopic (exact) mass is 135 g/mol. The molecule has 3 heteroatoms. The molecule has 0 fully saturated rings. The fourth-order valence-electron chi connectivity index (χ4n) is 0.752.